The number of hydrogen-bond donors (Lipinski definition) is 0. The van der Waals surface area contributed by atoms with Crippen LogP contribution in [0.4, 0.5) is 68.2 Å². The average molecular weight is 912 g/mol. The van der Waals surface area contributed by atoms with Gasteiger partial charge >= 0.3 is 0 Å². The molecule has 0 unspecified atom stereocenters. The van der Waals surface area contributed by atoms with Gasteiger partial charge in [-0.15, -0.1) is 0 Å². The minimum absolute atomic E-state index is 1.06. The highest BCUT2D eigenvalue weighted by molar-refractivity contribution is 6.12. The van der Waals surface area contributed by atoms with Gasteiger partial charge in [-0.05, 0) is 170 Å². The van der Waals surface area contributed by atoms with Crippen LogP contribution in [0.2, 0.25) is 0 Å². The first-order valence-electron chi connectivity index (χ1n) is 24.1. The first-order chi connectivity index (χ1) is 35.2. The van der Waals surface area contributed by atoms with Crippen LogP contribution in [0.3, 0.4) is 0 Å². The first kappa shape index (κ1) is 42.8. The SMILES string of the molecule is c1ccc(N(c2ccccc2)c2ccc(N(c3ccccc3)c3ccc4c(c3)c3cc(N(c5ccccc5)c5ccc(N(c6ccccc6)c6ccccc6)cc5)ccc3n4-c3ccccc3)cc2)cc1. The molecular weight excluding hydrogens is 863 g/mol. The number of aromatic nitrogens is 1. The van der Waals surface area contributed by atoms with Crippen molar-refractivity contribution in [2.75, 3.05) is 19.6 Å². The molecule has 0 N–H and O–H groups in total. The highest BCUT2D eigenvalue weighted by Gasteiger charge is 2.22. The summed E-state index contributed by atoms with van der Waals surface area (Å²) in [6.45, 7) is 0. The standard InChI is InChI=1S/C66H49N5/c1-8-22-50(23-9-1)67(51-24-10-2-11-25-51)57-36-40-59(41-37-57)69(54-30-16-5-17-31-54)61-44-46-65-63(48-61)64-49-62(45-47-66(64)71(65)56-34-20-7-21-35-56)70(55-32-18-6-19-33-55)60-42-38-58(39-43-60)68(52-26-12-3-13-27-52)53-28-14-4-15-29-53/h1-49H. The molecule has 0 bridgehead atoms. The van der Waals surface area contributed by atoms with Crippen molar-refractivity contribution in [1.29, 1.82) is 0 Å². The second-order valence-electron chi connectivity index (χ2n) is 17.5. The van der Waals surface area contributed by atoms with E-state index in [1.807, 2.05) is 0 Å². The fourth-order valence-electron chi connectivity index (χ4n) is 9.89. The third-order valence-corrected chi connectivity index (χ3v) is 13.1. The van der Waals surface area contributed by atoms with Crippen LogP contribution in [0.15, 0.2) is 297 Å². The topological polar surface area (TPSA) is 17.9 Å². The predicted octanol–water partition coefficient (Wildman–Crippen LogP) is 18.7. The Morgan fingerprint density at radius 1 is 0.183 bits per heavy atom. The van der Waals surface area contributed by atoms with Gasteiger partial charge in [0.05, 0.1) is 11.0 Å². The summed E-state index contributed by atoms with van der Waals surface area (Å²) in [5, 5.41) is 2.31. The van der Waals surface area contributed by atoms with Gasteiger partial charge in [0.2, 0.25) is 0 Å². The number of benzene rings is 11. The van der Waals surface area contributed by atoms with Crippen molar-refractivity contribution < 1.29 is 0 Å². The van der Waals surface area contributed by atoms with Crippen LogP contribution in [0.5, 0.6) is 0 Å². The Hall–Kier alpha value is -9.58. The summed E-state index contributed by atoms with van der Waals surface area (Å²) in [5.41, 5.74) is 16.4. The molecule has 0 saturated heterocycles. The van der Waals surface area contributed by atoms with Crippen molar-refractivity contribution >= 4 is 90.1 Å². The molecule has 12 rings (SSSR count). The number of fused-ring (bicyclic) bond motifs is 3. The quantitative estimate of drug-likeness (QED) is 0.115. The Kier molecular flexibility index (Phi) is 11.6. The van der Waals surface area contributed by atoms with Gasteiger partial charge in [0.15, 0.2) is 0 Å². The summed E-state index contributed by atoms with van der Waals surface area (Å²) in [5.74, 6) is 0. The smallest absolute Gasteiger partial charge is 0.0542 e. The molecule has 0 atom stereocenters. The van der Waals surface area contributed by atoms with Crippen LogP contribution in [0.1, 0.15) is 0 Å². The third kappa shape index (κ3) is 8.43. The number of anilines is 12. The fourth-order valence-corrected chi connectivity index (χ4v) is 9.89. The predicted molar refractivity (Wildman–Crippen MR) is 300 cm³/mol. The molecular formula is C66H49N5. The summed E-state index contributed by atoms with van der Waals surface area (Å²) < 4.78 is 2.39. The van der Waals surface area contributed by atoms with E-state index in [4.69, 9.17) is 0 Å². The van der Waals surface area contributed by atoms with E-state index in [0.717, 1.165) is 95.7 Å². The van der Waals surface area contributed by atoms with E-state index in [1.165, 1.54) is 0 Å². The Balaban J connectivity index is 0.993. The minimum atomic E-state index is 1.06. The molecule has 0 saturated carbocycles. The molecule has 5 nitrogen and oxygen atoms in total. The zero-order chi connectivity index (χ0) is 47.3. The Morgan fingerprint density at radius 3 is 0.634 bits per heavy atom. The number of para-hydroxylation sites is 7. The van der Waals surface area contributed by atoms with Gasteiger partial charge < -0.3 is 24.2 Å². The van der Waals surface area contributed by atoms with Crippen molar-refractivity contribution in [3.8, 4) is 5.69 Å². The lowest BCUT2D eigenvalue weighted by molar-refractivity contribution is 1.18. The molecule has 5 heteroatoms. The normalized spacial score (nSPS) is 11.1. The average Bonchev–Trinajstić information content (AvgIpc) is 3.77. The molecule has 1 aromatic heterocycles. The van der Waals surface area contributed by atoms with Crippen LogP contribution in [0.25, 0.3) is 27.5 Å². The van der Waals surface area contributed by atoms with Crippen molar-refractivity contribution in [2.24, 2.45) is 0 Å². The molecule has 0 aliphatic heterocycles. The molecule has 338 valence electrons. The van der Waals surface area contributed by atoms with Crippen LogP contribution in [-0.2, 0) is 0 Å². The zero-order valence-corrected chi connectivity index (χ0v) is 39.0. The summed E-state index contributed by atoms with van der Waals surface area (Å²) in [6, 6.07) is 106. The Morgan fingerprint density at radius 2 is 0.380 bits per heavy atom. The Labute approximate surface area is 415 Å². The largest absolute Gasteiger partial charge is 0.311 e. The third-order valence-electron chi connectivity index (χ3n) is 13.1. The van der Waals surface area contributed by atoms with E-state index < -0.39 is 0 Å². The summed E-state index contributed by atoms with van der Waals surface area (Å²) >= 11 is 0. The molecule has 0 aliphatic carbocycles. The molecule has 0 radical (unpaired) electrons. The van der Waals surface area contributed by atoms with E-state index in [-0.39, 0.29) is 0 Å². The van der Waals surface area contributed by atoms with Gasteiger partial charge in [0, 0.05) is 84.7 Å². The fraction of sp³-hybridized carbons (Fsp3) is 0. The molecule has 0 amide bonds. The zero-order valence-electron chi connectivity index (χ0n) is 39.0. The molecule has 71 heavy (non-hydrogen) atoms. The molecule has 0 aliphatic rings. The number of rotatable bonds is 13. The molecule has 0 spiro atoms. The monoisotopic (exact) mass is 911 g/mol. The highest BCUT2D eigenvalue weighted by Crippen LogP contribution is 2.45. The maximum absolute atomic E-state index is 2.39. The van der Waals surface area contributed by atoms with E-state index in [0.29, 0.717) is 0 Å². The van der Waals surface area contributed by atoms with E-state index >= 15 is 0 Å². The van der Waals surface area contributed by atoms with E-state index in [1.54, 1.807) is 0 Å². The van der Waals surface area contributed by atoms with Gasteiger partial charge in [-0.1, -0.05) is 127 Å². The van der Waals surface area contributed by atoms with Crippen LogP contribution in [-0.4, -0.2) is 4.57 Å². The molecule has 0 fully saturated rings. The van der Waals surface area contributed by atoms with Gasteiger partial charge in [-0.25, -0.2) is 0 Å². The lowest BCUT2D eigenvalue weighted by Gasteiger charge is -2.28. The number of hydrogen-bond acceptors (Lipinski definition) is 4. The molecule has 11 aromatic carbocycles. The van der Waals surface area contributed by atoms with Crippen molar-refractivity contribution in [1.82, 2.24) is 4.57 Å². The van der Waals surface area contributed by atoms with Gasteiger partial charge in [-0.2, -0.15) is 0 Å². The second-order valence-corrected chi connectivity index (χ2v) is 17.5. The second kappa shape index (κ2) is 19.2. The molecule has 1 heterocycles. The maximum atomic E-state index is 2.39. The van der Waals surface area contributed by atoms with E-state index in [2.05, 4.69) is 321 Å². The Bertz CT molecular complexity index is 3360. The lowest BCUT2D eigenvalue weighted by Crippen LogP contribution is -2.12. The van der Waals surface area contributed by atoms with Gasteiger partial charge in [-0.3, -0.25) is 0 Å². The highest BCUT2D eigenvalue weighted by atomic mass is 15.2. The van der Waals surface area contributed by atoms with Crippen molar-refractivity contribution in [2.45, 2.75) is 0 Å². The van der Waals surface area contributed by atoms with Crippen LogP contribution >= 0.6 is 0 Å². The summed E-state index contributed by atoms with van der Waals surface area (Å²) in [7, 11) is 0. The van der Waals surface area contributed by atoms with Crippen molar-refractivity contribution in [3.63, 3.8) is 0 Å². The first-order valence-corrected chi connectivity index (χ1v) is 24.1. The van der Waals surface area contributed by atoms with Gasteiger partial charge in [0.25, 0.3) is 0 Å². The minimum Gasteiger partial charge on any atom is -0.311 e. The van der Waals surface area contributed by atoms with Crippen LogP contribution < -0.4 is 19.6 Å². The van der Waals surface area contributed by atoms with Crippen molar-refractivity contribution in [3.05, 3.63) is 297 Å². The summed E-state index contributed by atoms with van der Waals surface area (Å²) in [4.78, 5) is 9.33. The molecule has 12 aromatic rings. The maximum Gasteiger partial charge on any atom is 0.0542 e. The van der Waals surface area contributed by atoms with Crippen LogP contribution in [0, 0.1) is 0 Å². The van der Waals surface area contributed by atoms with E-state index in [9.17, 15) is 0 Å². The number of nitrogens with zero attached hydrogens (tertiary/aromatic N) is 5. The summed E-state index contributed by atoms with van der Waals surface area (Å²) in [6.07, 6.45) is 0. The van der Waals surface area contributed by atoms with Gasteiger partial charge in [0.1, 0.15) is 0 Å². The lowest BCUT2D eigenvalue weighted by atomic mass is 10.1.